The first-order valence-electron chi connectivity index (χ1n) is 8.80. The summed E-state index contributed by atoms with van der Waals surface area (Å²) in [6, 6.07) is 7.59. The van der Waals surface area contributed by atoms with Crippen molar-refractivity contribution in [2.75, 3.05) is 5.32 Å². The molecule has 144 valence electrons. The lowest BCUT2D eigenvalue weighted by Gasteiger charge is -2.08. The Balaban J connectivity index is 1.45. The van der Waals surface area contributed by atoms with E-state index in [0.717, 1.165) is 18.4 Å². The zero-order valence-electron chi connectivity index (χ0n) is 15.4. The fraction of sp³-hybridized carbons (Fsp3) is 0.353. The number of nitrogens with zero attached hydrogens (tertiary/aromatic N) is 7. The lowest BCUT2D eigenvalue weighted by Crippen LogP contribution is -2.20. The molecule has 11 nitrogen and oxygen atoms in total. The van der Waals surface area contributed by atoms with Gasteiger partial charge in [-0.05, 0) is 61.4 Å². The summed E-state index contributed by atoms with van der Waals surface area (Å²) in [4.78, 5) is 22.9. The molecule has 0 spiro atoms. The number of anilines is 1. The fourth-order valence-electron chi connectivity index (χ4n) is 3.09. The highest BCUT2D eigenvalue weighted by molar-refractivity contribution is 5.90. The Hall–Kier alpha value is -3.63. The van der Waals surface area contributed by atoms with Gasteiger partial charge >= 0.3 is 5.69 Å². The number of hydrogen-bond acceptors (Lipinski definition) is 7. The summed E-state index contributed by atoms with van der Waals surface area (Å²) in [5.41, 5.74) is 2.04. The zero-order chi connectivity index (χ0) is 19.8. The number of amides is 1. The van der Waals surface area contributed by atoms with Crippen LogP contribution in [0.3, 0.4) is 0 Å². The van der Waals surface area contributed by atoms with Gasteiger partial charge in [-0.15, -0.1) is 5.10 Å². The van der Waals surface area contributed by atoms with Gasteiger partial charge in [0.15, 0.2) is 5.82 Å². The van der Waals surface area contributed by atoms with Crippen molar-refractivity contribution in [3.63, 3.8) is 0 Å². The molecule has 1 N–H and O–H groups in total. The lowest BCUT2D eigenvalue weighted by atomic mass is 10.2. The van der Waals surface area contributed by atoms with Crippen LogP contribution in [-0.4, -0.2) is 40.8 Å². The smallest absolute Gasteiger partial charge is 0.312 e. The Bertz CT molecular complexity index is 1050. The molecule has 2 heterocycles. The van der Waals surface area contributed by atoms with Crippen molar-refractivity contribution >= 4 is 17.3 Å². The average Bonchev–Trinajstić information content (AvgIpc) is 3.30. The van der Waals surface area contributed by atoms with Crippen molar-refractivity contribution < 1.29 is 9.72 Å². The number of aromatic nitrogens is 6. The van der Waals surface area contributed by atoms with E-state index in [1.807, 2.05) is 16.8 Å². The van der Waals surface area contributed by atoms with Crippen LogP contribution in [0.2, 0.25) is 0 Å². The van der Waals surface area contributed by atoms with Gasteiger partial charge < -0.3 is 5.32 Å². The number of benzene rings is 1. The van der Waals surface area contributed by atoms with E-state index in [-0.39, 0.29) is 23.8 Å². The van der Waals surface area contributed by atoms with E-state index in [4.69, 9.17) is 0 Å². The number of carbonyl (C=O) groups is 1. The molecule has 0 saturated heterocycles. The van der Waals surface area contributed by atoms with Gasteiger partial charge in [0.2, 0.25) is 5.91 Å². The second-order valence-electron chi connectivity index (χ2n) is 6.74. The van der Waals surface area contributed by atoms with Crippen LogP contribution in [0.5, 0.6) is 0 Å². The normalized spacial score (nSPS) is 13.5. The predicted molar refractivity (Wildman–Crippen MR) is 98.5 cm³/mol. The number of carbonyl (C=O) groups excluding carboxylic acids is 1. The van der Waals surface area contributed by atoms with Gasteiger partial charge in [0.05, 0.1) is 11.0 Å². The Morgan fingerprint density at radius 1 is 1.29 bits per heavy atom. The molecule has 0 radical (unpaired) electrons. The van der Waals surface area contributed by atoms with Gasteiger partial charge in [0, 0.05) is 11.3 Å². The molecule has 11 heteroatoms. The Morgan fingerprint density at radius 3 is 2.61 bits per heavy atom. The fourth-order valence-corrected chi connectivity index (χ4v) is 3.09. The molecule has 1 aromatic carbocycles. The standard InChI is InChI=1S/C17H18N8O3/c1-10-16(25(27)28)11(2)23(20-10)9-15(26)18-13-5-3-12(4-6-13)17-19-21-22-24(17)14-7-8-14/h3-6,14H,7-9H2,1-2H3,(H,18,26). The maximum absolute atomic E-state index is 12.3. The first-order chi connectivity index (χ1) is 13.4. The Labute approximate surface area is 159 Å². The van der Waals surface area contributed by atoms with Gasteiger partial charge in [0.1, 0.15) is 17.9 Å². The summed E-state index contributed by atoms with van der Waals surface area (Å²) in [6.45, 7) is 3.01. The van der Waals surface area contributed by atoms with Crippen molar-refractivity contribution in [1.29, 1.82) is 0 Å². The summed E-state index contributed by atoms with van der Waals surface area (Å²) in [5, 5.41) is 29.8. The second kappa shape index (κ2) is 6.83. The monoisotopic (exact) mass is 382 g/mol. The van der Waals surface area contributed by atoms with Crippen LogP contribution >= 0.6 is 0 Å². The second-order valence-corrected chi connectivity index (χ2v) is 6.74. The molecule has 4 rings (SSSR count). The quantitative estimate of drug-likeness (QED) is 0.509. The topological polar surface area (TPSA) is 134 Å². The van der Waals surface area contributed by atoms with Gasteiger partial charge in [0.25, 0.3) is 0 Å². The predicted octanol–water partition coefficient (Wildman–Crippen LogP) is 2.04. The van der Waals surface area contributed by atoms with E-state index in [1.165, 1.54) is 4.68 Å². The van der Waals surface area contributed by atoms with Crippen molar-refractivity contribution in [2.45, 2.75) is 39.3 Å². The largest absolute Gasteiger partial charge is 0.324 e. The number of aryl methyl sites for hydroxylation is 1. The van der Waals surface area contributed by atoms with Crippen LogP contribution in [0, 0.1) is 24.0 Å². The molecular weight excluding hydrogens is 364 g/mol. The minimum Gasteiger partial charge on any atom is -0.324 e. The molecule has 0 atom stereocenters. The van der Waals surface area contributed by atoms with Crippen LogP contribution in [0.25, 0.3) is 11.4 Å². The Kier molecular flexibility index (Phi) is 4.34. The first kappa shape index (κ1) is 17.8. The van der Waals surface area contributed by atoms with Crippen LogP contribution < -0.4 is 5.32 Å². The van der Waals surface area contributed by atoms with Crippen LogP contribution in [0.4, 0.5) is 11.4 Å². The van der Waals surface area contributed by atoms with Gasteiger partial charge in [-0.2, -0.15) is 5.10 Å². The number of nitro groups is 1. The molecule has 0 bridgehead atoms. The van der Waals surface area contributed by atoms with Crippen LogP contribution in [0.15, 0.2) is 24.3 Å². The molecule has 0 unspecified atom stereocenters. The highest BCUT2D eigenvalue weighted by Gasteiger charge is 2.28. The van der Waals surface area contributed by atoms with Crippen molar-refractivity contribution in [3.8, 4) is 11.4 Å². The third-order valence-electron chi connectivity index (χ3n) is 4.63. The van der Waals surface area contributed by atoms with E-state index in [9.17, 15) is 14.9 Å². The minimum atomic E-state index is -0.486. The third-order valence-corrected chi connectivity index (χ3v) is 4.63. The highest BCUT2D eigenvalue weighted by Crippen LogP contribution is 2.36. The third kappa shape index (κ3) is 3.33. The Morgan fingerprint density at radius 2 is 2.00 bits per heavy atom. The van der Waals surface area contributed by atoms with Crippen molar-refractivity contribution in [1.82, 2.24) is 30.0 Å². The molecule has 1 amide bonds. The molecule has 1 fully saturated rings. The highest BCUT2D eigenvalue weighted by atomic mass is 16.6. The molecule has 2 aromatic heterocycles. The average molecular weight is 382 g/mol. The van der Waals surface area contributed by atoms with Crippen LogP contribution in [0.1, 0.15) is 30.3 Å². The van der Waals surface area contributed by atoms with Gasteiger partial charge in [-0.1, -0.05) is 0 Å². The summed E-state index contributed by atoms with van der Waals surface area (Å²) in [6.07, 6.45) is 2.16. The number of nitrogens with one attached hydrogen (secondary N) is 1. The molecule has 3 aromatic rings. The lowest BCUT2D eigenvalue weighted by molar-refractivity contribution is -0.386. The van der Waals surface area contributed by atoms with Crippen LogP contribution in [-0.2, 0) is 11.3 Å². The molecule has 0 aliphatic heterocycles. The molecule has 1 aliphatic carbocycles. The summed E-state index contributed by atoms with van der Waals surface area (Å²) < 4.78 is 3.16. The van der Waals surface area contributed by atoms with E-state index in [1.54, 1.807) is 26.0 Å². The summed E-state index contributed by atoms with van der Waals surface area (Å²) in [7, 11) is 0. The van der Waals surface area contributed by atoms with E-state index in [0.29, 0.717) is 23.2 Å². The summed E-state index contributed by atoms with van der Waals surface area (Å²) in [5.74, 6) is 0.381. The van der Waals surface area contributed by atoms with E-state index >= 15 is 0 Å². The maximum Gasteiger partial charge on any atom is 0.312 e. The number of rotatable bonds is 6. The van der Waals surface area contributed by atoms with Crippen molar-refractivity contribution in [2.24, 2.45) is 0 Å². The number of tetrazole rings is 1. The molecular formula is C17H18N8O3. The van der Waals surface area contributed by atoms with Crippen molar-refractivity contribution in [3.05, 3.63) is 45.8 Å². The minimum absolute atomic E-state index is 0.0643. The molecule has 28 heavy (non-hydrogen) atoms. The van der Waals surface area contributed by atoms with Gasteiger partial charge in [-0.25, -0.2) is 4.68 Å². The number of hydrogen-bond donors (Lipinski definition) is 1. The van der Waals surface area contributed by atoms with Gasteiger partial charge in [-0.3, -0.25) is 19.6 Å². The summed E-state index contributed by atoms with van der Waals surface area (Å²) >= 11 is 0. The molecule has 1 aliphatic rings. The maximum atomic E-state index is 12.3. The first-order valence-corrected chi connectivity index (χ1v) is 8.80. The zero-order valence-corrected chi connectivity index (χ0v) is 15.4. The van der Waals surface area contributed by atoms with E-state index in [2.05, 4.69) is 25.9 Å². The SMILES string of the molecule is Cc1nn(CC(=O)Nc2ccc(-c3nnnn3C3CC3)cc2)c(C)c1[N+](=O)[O-]. The molecule has 1 saturated carbocycles. The van der Waals surface area contributed by atoms with E-state index < -0.39 is 4.92 Å².